The number of hydrogen-bond donors (Lipinski definition) is 0. The zero-order valence-electron chi connectivity index (χ0n) is 48.9. The summed E-state index contributed by atoms with van der Waals surface area (Å²) in [6.45, 7) is 32.2. The van der Waals surface area contributed by atoms with Gasteiger partial charge in [0.05, 0.1) is 67.1 Å². The van der Waals surface area contributed by atoms with E-state index in [2.05, 4.69) is 158 Å². The predicted octanol–water partition coefficient (Wildman–Crippen LogP) is 17.5. The fourth-order valence-corrected chi connectivity index (χ4v) is 12.9. The van der Waals surface area contributed by atoms with Crippen LogP contribution in [0, 0.1) is 33.6 Å². The second-order valence-corrected chi connectivity index (χ2v) is 26.3. The number of imide groups is 2. The molecule has 8 heteroatoms. The second-order valence-electron chi connectivity index (χ2n) is 26.3. The summed E-state index contributed by atoms with van der Waals surface area (Å²) < 4.78 is 4.32. The number of fused-ring (bicyclic) bond motifs is 8. The van der Waals surface area contributed by atoms with E-state index in [9.17, 15) is 9.59 Å². The molecule has 0 saturated carbocycles. The van der Waals surface area contributed by atoms with Gasteiger partial charge >= 0.3 is 0 Å². The topological polar surface area (TPSA) is 84.6 Å². The molecule has 8 aromatic carbocycles. The van der Waals surface area contributed by atoms with Crippen molar-refractivity contribution < 1.29 is 19.2 Å². The molecule has 0 unspecified atom stereocenters. The van der Waals surface area contributed by atoms with Crippen LogP contribution in [0.4, 0.5) is 11.4 Å². The van der Waals surface area contributed by atoms with Crippen molar-refractivity contribution >= 4 is 78.6 Å². The number of rotatable bonds is 7. The summed E-state index contributed by atoms with van der Waals surface area (Å²) in [5.74, 6) is -0.953. The standard InChI is InChI=1S/C72H70N4O4/c1-39(2)30-44-22-26-56-52(35-44)53-36-47(70(7,8)9)23-27-57(53)73(56)60-20-16-18-50-62(60)68(79)75(66(50)77)64-40(3)31-45(32-41(64)4)46-33-42(5)65(43(6)34-46)76-67(78)51-19-17-21-61(63(51)69(76)80)74-58-28-24-48(71(10,11)12)37-54(58)55-38-49(72(13,14)15)25-29-59(55)74/h16-29,31-39H,30H2,1-15H3. The molecule has 0 radical (unpaired) electrons. The maximum atomic E-state index is 15.1. The van der Waals surface area contributed by atoms with Crippen molar-refractivity contribution in [2.45, 2.75) is 127 Å². The van der Waals surface area contributed by atoms with E-state index in [1.165, 1.54) is 32.1 Å². The molecule has 2 aromatic heterocycles. The van der Waals surface area contributed by atoms with Gasteiger partial charge in [-0.3, -0.25) is 19.2 Å². The first-order valence-corrected chi connectivity index (χ1v) is 28.2. The van der Waals surface area contributed by atoms with Crippen molar-refractivity contribution in [3.8, 4) is 22.5 Å². The van der Waals surface area contributed by atoms with Crippen LogP contribution in [0.3, 0.4) is 0 Å². The normalized spacial score (nSPS) is 14.2. The van der Waals surface area contributed by atoms with E-state index in [-0.39, 0.29) is 39.9 Å². The molecule has 12 rings (SSSR count). The fourth-order valence-electron chi connectivity index (χ4n) is 12.9. The first kappa shape index (κ1) is 52.3. The molecule has 2 aliphatic heterocycles. The number of amides is 4. The number of carbonyl (C=O) groups excluding carboxylic acids is 4. The summed E-state index contributed by atoms with van der Waals surface area (Å²) in [6, 6.07) is 45.8. The Morgan fingerprint density at radius 2 is 0.713 bits per heavy atom. The van der Waals surface area contributed by atoms with Crippen molar-refractivity contribution in [2.75, 3.05) is 9.80 Å². The molecule has 402 valence electrons. The molecule has 4 heterocycles. The van der Waals surface area contributed by atoms with Crippen molar-refractivity contribution in [1.82, 2.24) is 9.13 Å². The summed E-state index contributed by atoms with van der Waals surface area (Å²) in [6.07, 6.45) is 0.951. The Labute approximate surface area is 469 Å². The number of carbonyl (C=O) groups is 4. The Morgan fingerprint density at radius 1 is 0.388 bits per heavy atom. The SMILES string of the molecule is Cc1cc(-c2cc(C)c(N3C(=O)c4cccc(-n5c6ccc(C(C)(C)C)cc6c6cc(C(C)(C)C)ccc65)c4C3=O)c(C)c2)cc(C)c1N1C(=O)c2cccc(-n3c4ccc(CC(C)C)cc4c4cc(C(C)(C)C)ccc43)c2C1=O. The van der Waals surface area contributed by atoms with Crippen molar-refractivity contribution in [3.05, 3.63) is 200 Å². The van der Waals surface area contributed by atoms with E-state index in [0.29, 0.717) is 50.9 Å². The molecular formula is C72H70N4O4. The Hall–Kier alpha value is -8.36. The van der Waals surface area contributed by atoms with Gasteiger partial charge in [0.2, 0.25) is 0 Å². The lowest BCUT2D eigenvalue weighted by Crippen LogP contribution is -2.31. The summed E-state index contributed by atoms with van der Waals surface area (Å²) in [7, 11) is 0. The van der Waals surface area contributed by atoms with Crippen LogP contribution in [0.1, 0.15) is 162 Å². The molecule has 8 nitrogen and oxygen atoms in total. The molecule has 80 heavy (non-hydrogen) atoms. The highest BCUT2D eigenvalue weighted by Gasteiger charge is 2.43. The van der Waals surface area contributed by atoms with Gasteiger partial charge in [-0.05, 0) is 209 Å². The van der Waals surface area contributed by atoms with Gasteiger partial charge in [-0.1, -0.05) is 113 Å². The first-order valence-electron chi connectivity index (χ1n) is 28.2. The van der Waals surface area contributed by atoms with Crippen LogP contribution in [0.2, 0.25) is 0 Å². The van der Waals surface area contributed by atoms with Crippen LogP contribution < -0.4 is 9.80 Å². The van der Waals surface area contributed by atoms with Crippen LogP contribution in [0.5, 0.6) is 0 Å². The van der Waals surface area contributed by atoms with Gasteiger partial charge in [-0.25, -0.2) is 9.80 Å². The Balaban J connectivity index is 0.894. The van der Waals surface area contributed by atoms with Crippen LogP contribution in [-0.4, -0.2) is 32.8 Å². The molecule has 0 saturated heterocycles. The van der Waals surface area contributed by atoms with E-state index >= 15 is 9.59 Å². The van der Waals surface area contributed by atoms with E-state index in [1.807, 2.05) is 76.2 Å². The minimum atomic E-state index is -0.365. The smallest absolute Gasteiger partial charge is 0.268 e. The quantitative estimate of drug-likeness (QED) is 0.149. The molecule has 0 N–H and O–H groups in total. The summed E-state index contributed by atoms with van der Waals surface area (Å²) in [4.78, 5) is 62.5. The van der Waals surface area contributed by atoms with E-state index < -0.39 is 0 Å². The van der Waals surface area contributed by atoms with Gasteiger partial charge in [0.15, 0.2) is 0 Å². The van der Waals surface area contributed by atoms with E-state index in [0.717, 1.165) is 83.4 Å². The van der Waals surface area contributed by atoms with Gasteiger partial charge in [0.1, 0.15) is 0 Å². The maximum absolute atomic E-state index is 15.1. The molecule has 0 bridgehead atoms. The summed E-state index contributed by atoms with van der Waals surface area (Å²) >= 11 is 0. The molecule has 0 aliphatic carbocycles. The van der Waals surface area contributed by atoms with Gasteiger partial charge in [0.25, 0.3) is 23.6 Å². The van der Waals surface area contributed by atoms with Crippen molar-refractivity contribution in [3.63, 3.8) is 0 Å². The number of aryl methyl sites for hydroxylation is 4. The average Bonchev–Trinajstić information content (AvgIpc) is 2.77. The third-order valence-electron chi connectivity index (χ3n) is 16.9. The first-order chi connectivity index (χ1) is 37.7. The van der Waals surface area contributed by atoms with Crippen LogP contribution in [0.25, 0.3) is 66.1 Å². The minimum Gasteiger partial charge on any atom is -0.308 e. The van der Waals surface area contributed by atoms with Crippen LogP contribution in [0.15, 0.2) is 133 Å². The Morgan fingerprint density at radius 3 is 1.04 bits per heavy atom. The Kier molecular flexibility index (Phi) is 11.8. The maximum Gasteiger partial charge on any atom is 0.268 e. The van der Waals surface area contributed by atoms with Gasteiger partial charge in [-0.2, -0.15) is 0 Å². The molecule has 0 spiro atoms. The molecule has 2 aliphatic rings. The number of anilines is 2. The Bertz CT molecular complexity index is 4270. The third-order valence-corrected chi connectivity index (χ3v) is 16.9. The van der Waals surface area contributed by atoms with Crippen molar-refractivity contribution in [1.29, 1.82) is 0 Å². The zero-order chi connectivity index (χ0) is 57.0. The zero-order valence-corrected chi connectivity index (χ0v) is 48.9. The molecular weight excluding hydrogens is 985 g/mol. The van der Waals surface area contributed by atoms with Crippen LogP contribution >= 0.6 is 0 Å². The van der Waals surface area contributed by atoms with Crippen molar-refractivity contribution in [2.24, 2.45) is 5.92 Å². The van der Waals surface area contributed by atoms with E-state index in [1.54, 1.807) is 12.1 Å². The lowest BCUT2D eigenvalue weighted by Gasteiger charge is -2.23. The second kappa shape index (κ2) is 18.1. The molecule has 0 atom stereocenters. The highest BCUT2D eigenvalue weighted by molar-refractivity contribution is 6.37. The number of aromatic nitrogens is 2. The van der Waals surface area contributed by atoms with Crippen LogP contribution in [-0.2, 0) is 22.7 Å². The van der Waals surface area contributed by atoms with E-state index in [4.69, 9.17) is 0 Å². The monoisotopic (exact) mass is 1050 g/mol. The highest BCUT2D eigenvalue weighted by atomic mass is 16.2. The summed E-state index contributed by atoms with van der Waals surface area (Å²) in [5.41, 5.74) is 17.4. The average molecular weight is 1060 g/mol. The number of nitrogens with zero attached hydrogens (tertiary/aromatic N) is 4. The third kappa shape index (κ3) is 8.07. The molecule has 4 amide bonds. The van der Waals surface area contributed by atoms with Gasteiger partial charge < -0.3 is 9.13 Å². The lowest BCUT2D eigenvalue weighted by atomic mass is 9.85. The minimum absolute atomic E-state index is 0.0693. The number of hydrogen-bond acceptors (Lipinski definition) is 4. The van der Waals surface area contributed by atoms with Gasteiger partial charge in [0, 0.05) is 21.5 Å². The fraction of sp³-hybridized carbons (Fsp3) is 0.278. The largest absolute Gasteiger partial charge is 0.308 e. The van der Waals surface area contributed by atoms with Gasteiger partial charge in [-0.15, -0.1) is 0 Å². The molecule has 10 aromatic rings. The highest BCUT2D eigenvalue weighted by Crippen LogP contribution is 2.45. The summed E-state index contributed by atoms with van der Waals surface area (Å²) in [5, 5.41) is 4.44. The lowest BCUT2D eigenvalue weighted by molar-refractivity contribution is 0.0910. The predicted molar refractivity (Wildman–Crippen MR) is 329 cm³/mol. The molecule has 0 fully saturated rings. The number of benzene rings is 8.